The Kier molecular flexibility index (Phi) is 6.88. The molecule has 31 heavy (non-hydrogen) atoms. The fourth-order valence-electron chi connectivity index (χ4n) is 2.82. The van der Waals surface area contributed by atoms with Crippen molar-refractivity contribution in [3.63, 3.8) is 0 Å². The summed E-state index contributed by atoms with van der Waals surface area (Å²) >= 11 is 6.20. The van der Waals surface area contributed by atoms with Crippen LogP contribution in [0.4, 0.5) is 10.7 Å². The Hall–Kier alpha value is -2.62. The summed E-state index contributed by atoms with van der Waals surface area (Å²) in [7, 11) is -0.701. The van der Waals surface area contributed by atoms with Gasteiger partial charge in [-0.15, -0.1) is 0 Å². The largest absolute Gasteiger partial charge is 0.492 e. The molecule has 3 N–H and O–H groups in total. The maximum atomic E-state index is 12.2. The van der Waals surface area contributed by atoms with Crippen LogP contribution in [0, 0.1) is 0 Å². The molecule has 1 aliphatic rings. The van der Waals surface area contributed by atoms with E-state index >= 15 is 0 Å². The van der Waals surface area contributed by atoms with Crippen LogP contribution in [0.3, 0.4) is 0 Å². The van der Waals surface area contributed by atoms with Gasteiger partial charge in [-0.2, -0.15) is 0 Å². The number of halogens is 1. The molecule has 2 aromatic rings. The molecule has 0 unspecified atom stereocenters. The number of benzene rings is 1. The van der Waals surface area contributed by atoms with Crippen LogP contribution in [0.1, 0.15) is 38.8 Å². The fraction of sp³-hybridized carbons (Fsp3) is 0.381. The van der Waals surface area contributed by atoms with Crippen molar-refractivity contribution in [3.05, 3.63) is 58.3 Å². The lowest BCUT2D eigenvalue weighted by Crippen LogP contribution is -2.41. The van der Waals surface area contributed by atoms with Crippen LogP contribution in [0.25, 0.3) is 6.08 Å². The lowest BCUT2D eigenvalue weighted by Gasteiger charge is -2.32. The number of carbonyl (C=O) groups is 1. The lowest BCUT2D eigenvalue weighted by molar-refractivity contribution is 0.00578. The molecule has 1 aromatic heterocycles. The third-order valence-electron chi connectivity index (χ3n) is 5.33. The number of nitrogens with one attached hydrogen (secondary N) is 1. The van der Waals surface area contributed by atoms with Gasteiger partial charge in [-0.3, -0.25) is 0 Å². The molecule has 0 spiro atoms. The normalized spacial score (nSPS) is 17.5. The van der Waals surface area contributed by atoms with Crippen LogP contribution < -0.4 is 11.1 Å². The summed E-state index contributed by atoms with van der Waals surface area (Å²) in [6, 6.07) is 9.43. The quantitative estimate of drug-likeness (QED) is 0.517. The predicted molar refractivity (Wildman–Crippen MR) is 120 cm³/mol. The second kappa shape index (κ2) is 9.26. The molecule has 1 aliphatic heterocycles. The van der Waals surface area contributed by atoms with E-state index in [1.807, 2.05) is 58.0 Å². The van der Waals surface area contributed by atoms with Gasteiger partial charge in [-0.1, -0.05) is 48.0 Å². The third-order valence-corrected chi connectivity index (χ3v) is 5.64. The van der Waals surface area contributed by atoms with Crippen LogP contribution in [-0.4, -0.2) is 40.9 Å². The number of anilines is 1. The third kappa shape index (κ3) is 5.75. The van der Waals surface area contributed by atoms with E-state index in [-0.39, 0.29) is 24.3 Å². The first kappa shape index (κ1) is 23.1. The van der Waals surface area contributed by atoms with Crippen LogP contribution in [-0.2, 0) is 20.7 Å². The summed E-state index contributed by atoms with van der Waals surface area (Å²) in [4.78, 5) is 20.2. The minimum Gasteiger partial charge on any atom is -0.445 e. The predicted octanol–water partition coefficient (Wildman–Crippen LogP) is 3.65. The molecule has 2 heterocycles. The number of alkyl carbamates (subject to hydrolysis) is 1. The van der Waals surface area contributed by atoms with Gasteiger partial charge in [-0.05, 0) is 38.7 Å². The zero-order chi connectivity index (χ0) is 22.6. The van der Waals surface area contributed by atoms with Crippen LogP contribution in [0.15, 0.2) is 42.0 Å². The Morgan fingerprint density at radius 1 is 1.23 bits per heavy atom. The number of nitrogens with two attached hydrogens (primary N) is 1. The summed E-state index contributed by atoms with van der Waals surface area (Å²) in [5, 5.41) is 2.93. The standard InChI is InChI=1S/C21H26BClN4O4/c1-20(2)21(3,4)31-22(30-20)16(10-15-11-25-18(24)27-17(15)23)12-26-19(28)29-13-14-8-6-5-7-9-14/h5-11H,12-13H2,1-4H3,(H,26,28)(H2,24,25,27). The minimum absolute atomic E-state index is 0.0712. The van der Waals surface area contributed by atoms with Gasteiger partial charge < -0.3 is 25.1 Å². The van der Waals surface area contributed by atoms with Crippen molar-refractivity contribution in [2.45, 2.75) is 45.5 Å². The second-order valence-electron chi connectivity index (χ2n) is 8.20. The van der Waals surface area contributed by atoms with Gasteiger partial charge in [-0.25, -0.2) is 14.8 Å². The smallest absolute Gasteiger partial charge is 0.445 e. The van der Waals surface area contributed by atoms with Crippen LogP contribution >= 0.6 is 11.6 Å². The lowest BCUT2D eigenvalue weighted by atomic mass is 9.77. The maximum Gasteiger partial charge on any atom is 0.492 e. The first-order valence-corrected chi connectivity index (χ1v) is 10.2. The Morgan fingerprint density at radius 2 is 1.87 bits per heavy atom. The summed E-state index contributed by atoms with van der Waals surface area (Å²) in [6.45, 7) is 8.08. The van der Waals surface area contributed by atoms with Gasteiger partial charge in [0, 0.05) is 18.3 Å². The van der Waals surface area contributed by atoms with Crippen molar-refractivity contribution in [2.75, 3.05) is 12.3 Å². The van der Waals surface area contributed by atoms with Gasteiger partial charge in [0.05, 0.1) is 11.2 Å². The molecule has 0 aliphatic carbocycles. The Morgan fingerprint density at radius 3 is 2.48 bits per heavy atom. The molecule has 0 saturated carbocycles. The van der Waals surface area contributed by atoms with Crippen molar-refractivity contribution in [1.29, 1.82) is 0 Å². The first-order valence-electron chi connectivity index (χ1n) is 9.86. The van der Waals surface area contributed by atoms with Crippen LogP contribution in [0.2, 0.25) is 5.15 Å². The Bertz CT molecular complexity index is 953. The van der Waals surface area contributed by atoms with Crippen LogP contribution in [0.5, 0.6) is 0 Å². The van der Waals surface area contributed by atoms with Crippen molar-refractivity contribution >= 4 is 36.8 Å². The van der Waals surface area contributed by atoms with Gasteiger partial charge in [0.15, 0.2) is 0 Å². The van der Waals surface area contributed by atoms with Crippen molar-refractivity contribution < 1.29 is 18.8 Å². The highest BCUT2D eigenvalue weighted by Gasteiger charge is 2.52. The fourth-order valence-corrected chi connectivity index (χ4v) is 3.01. The number of amides is 1. The van der Waals surface area contributed by atoms with Gasteiger partial charge >= 0.3 is 13.2 Å². The average molecular weight is 445 g/mol. The van der Waals surface area contributed by atoms with E-state index in [2.05, 4.69) is 15.3 Å². The van der Waals surface area contributed by atoms with Crippen molar-refractivity contribution in [1.82, 2.24) is 15.3 Å². The first-order chi connectivity index (χ1) is 14.6. The molecule has 10 heteroatoms. The second-order valence-corrected chi connectivity index (χ2v) is 8.56. The molecule has 1 saturated heterocycles. The highest BCUT2D eigenvalue weighted by Crippen LogP contribution is 2.38. The summed E-state index contributed by atoms with van der Waals surface area (Å²) in [6.07, 6.45) is 2.66. The number of hydrogen-bond acceptors (Lipinski definition) is 7. The molecule has 0 atom stereocenters. The van der Waals surface area contributed by atoms with E-state index in [9.17, 15) is 4.79 Å². The van der Waals surface area contributed by atoms with E-state index in [4.69, 9.17) is 31.4 Å². The van der Waals surface area contributed by atoms with E-state index in [1.165, 1.54) is 6.20 Å². The zero-order valence-corrected chi connectivity index (χ0v) is 18.8. The highest BCUT2D eigenvalue weighted by atomic mass is 35.5. The number of hydrogen-bond donors (Lipinski definition) is 2. The van der Waals surface area contributed by atoms with Gasteiger partial charge in [0.1, 0.15) is 11.8 Å². The summed E-state index contributed by atoms with van der Waals surface area (Å²) in [5.41, 5.74) is 6.53. The number of nitrogen functional groups attached to an aromatic ring is 1. The molecular weight excluding hydrogens is 419 g/mol. The number of carbonyl (C=O) groups excluding carboxylic acids is 1. The maximum absolute atomic E-state index is 12.2. The molecule has 1 fully saturated rings. The average Bonchev–Trinajstić information content (AvgIpc) is 2.93. The number of rotatable bonds is 6. The van der Waals surface area contributed by atoms with Gasteiger partial charge in [0.2, 0.25) is 5.95 Å². The number of aromatic nitrogens is 2. The number of nitrogens with zero attached hydrogens (tertiary/aromatic N) is 2. The highest BCUT2D eigenvalue weighted by molar-refractivity contribution is 6.56. The minimum atomic E-state index is -0.701. The van der Waals surface area contributed by atoms with E-state index in [1.54, 1.807) is 6.08 Å². The van der Waals surface area contributed by atoms with E-state index < -0.39 is 24.4 Å². The molecule has 1 aromatic carbocycles. The molecule has 164 valence electrons. The van der Waals surface area contributed by atoms with Crippen molar-refractivity contribution in [2.24, 2.45) is 0 Å². The molecule has 0 radical (unpaired) electrons. The molecule has 1 amide bonds. The molecular formula is C21H26BClN4O4. The SMILES string of the molecule is CC1(C)OB(C(=Cc2cnc(N)nc2Cl)CNC(=O)OCc2ccccc2)OC1(C)C. The Balaban J connectivity index is 1.74. The van der Waals surface area contributed by atoms with E-state index in [0.29, 0.717) is 11.0 Å². The number of ether oxygens (including phenoxy) is 1. The van der Waals surface area contributed by atoms with Gasteiger partial charge in [0.25, 0.3) is 0 Å². The Labute approximate surface area is 187 Å². The molecule has 0 bridgehead atoms. The monoisotopic (exact) mass is 444 g/mol. The topological polar surface area (TPSA) is 109 Å². The van der Waals surface area contributed by atoms with E-state index in [0.717, 1.165) is 5.56 Å². The summed E-state index contributed by atoms with van der Waals surface area (Å²) < 4.78 is 17.6. The van der Waals surface area contributed by atoms with Crippen molar-refractivity contribution in [3.8, 4) is 0 Å². The summed E-state index contributed by atoms with van der Waals surface area (Å²) in [5.74, 6) is 0.0712. The molecule has 3 rings (SSSR count). The molecule has 8 nitrogen and oxygen atoms in total. The zero-order valence-electron chi connectivity index (χ0n) is 18.0.